The molecule has 0 radical (unpaired) electrons. The number of hydrogen-bond acceptors (Lipinski definition) is 4. The van der Waals surface area contributed by atoms with Crippen molar-refractivity contribution in [3.63, 3.8) is 0 Å². The fourth-order valence-corrected chi connectivity index (χ4v) is 4.04. The molecule has 166 valence electrons. The van der Waals surface area contributed by atoms with E-state index in [9.17, 15) is 13.6 Å². The van der Waals surface area contributed by atoms with E-state index < -0.39 is 11.6 Å². The summed E-state index contributed by atoms with van der Waals surface area (Å²) in [7, 11) is 0. The minimum absolute atomic E-state index is 0.0375. The van der Waals surface area contributed by atoms with E-state index in [1.807, 2.05) is 18.3 Å². The summed E-state index contributed by atoms with van der Waals surface area (Å²) in [4.78, 5) is 28.1. The Balaban J connectivity index is 1.59. The van der Waals surface area contributed by atoms with Crippen LogP contribution in [0.15, 0.2) is 48.9 Å². The van der Waals surface area contributed by atoms with E-state index in [2.05, 4.69) is 30.7 Å². The molecule has 4 rings (SSSR count). The summed E-state index contributed by atoms with van der Waals surface area (Å²) in [6.45, 7) is 7.23. The third-order valence-electron chi connectivity index (χ3n) is 5.76. The van der Waals surface area contributed by atoms with Crippen LogP contribution in [0.1, 0.15) is 61.4 Å². The second-order valence-electron chi connectivity index (χ2n) is 9.20. The van der Waals surface area contributed by atoms with Gasteiger partial charge < -0.3 is 4.90 Å². The van der Waals surface area contributed by atoms with E-state index in [-0.39, 0.29) is 22.8 Å². The van der Waals surface area contributed by atoms with Gasteiger partial charge in [0.2, 0.25) is 0 Å². The highest BCUT2D eigenvalue weighted by Crippen LogP contribution is 2.35. The Hall–Kier alpha value is -3.22. The third-order valence-corrected chi connectivity index (χ3v) is 5.76. The van der Waals surface area contributed by atoms with Gasteiger partial charge in [-0.3, -0.25) is 9.78 Å². The molecule has 1 fully saturated rings. The zero-order chi connectivity index (χ0) is 22.9. The molecule has 32 heavy (non-hydrogen) atoms. The second kappa shape index (κ2) is 8.73. The van der Waals surface area contributed by atoms with Gasteiger partial charge in [-0.25, -0.2) is 18.7 Å². The average molecular weight is 437 g/mol. The van der Waals surface area contributed by atoms with Crippen LogP contribution < -0.4 is 0 Å². The van der Waals surface area contributed by atoms with Gasteiger partial charge in [-0.1, -0.05) is 20.8 Å². The molecule has 1 amide bonds. The number of amides is 1. The first kappa shape index (κ1) is 22.0. The molecule has 3 aromatic rings. The summed E-state index contributed by atoms with van der Waals surface area (Å²) in [5.41, 5.74) is 2.79. The maximum Gasteiger partial charge on any atom is 0.254 e. The lowest BCUT2D eigenvalue weighted by atomic mass is 9.87. The Morgan fingerprint density at radius 3 is 2.25 bits per heavy atom. The smallest absolute Gasteiger partial charge is 0.254 e. The third kappa shape index (κ3) is 4.66. The zero-order valence-electron chi connectivity index (χ0n) is 18.5. The molecule has 0 bridgehead atoms. The lowest BCUT2D eigenvalue weighted by Gasteiger charge is -2.33. The molecule has 2 aromatic heterocycles. The fourth-order valence-electron chi connectivity index (χ4n) is 4.04. The molecule has 1 aliphatic heterocycles. The van der Waals surface area contributed by atoms with Gasteiger partial charge in [0.15, 0.2) is 0 Å². The molecule has 0 atom stereocenters. The quantitative estimate of drug-likeness (QED) is 0.571. The van der Waals surface area contributed by atoms with Gasteiger partial charge in [-0.05, 0) is 42.7 Å². The van der Waals surface area contributed by atoms with E-state index in [1.54, 1.807) is 17.3 Å². The van der Waals surface area contributed by atoms with E-state index >= 15 is 0 Å². The molecule has 1 aromatic carbocycles. The fraction of sp³-hybridized carbons (Fsp3) is 0.360. The number of rotatable bonds is 3. The number of halogens is 2. The van der Waals surface area contributed by atoms with Crippen LogP contribution in [0, 0.1) is 11.6 Å². The molecule has 1 saturated heterocycles. The lowest BCUT2D eigenvalue weighted by Crippen LogP contribution is -2.38. The number of carbonyl (C=O) groups is 1. The van der Waals surface area contributed by atoms with E-state index in [1.165, 1.54) is 0 Å². The van der Waals surface area contributed by atoms with Gasteiger partial charge in [0, 0.05) is 60.2 Å². The number of hydrogen-bond donors (Lipinski definition) is 0. The Labute approximate surface area is 186 Å². The number of likely N-dealkylation sites (tertiary alicyclic amines) is 1. The summed E-state index contributed by atoms with van der Waals surface area (Å²) in [5.74, 6) is -0.925. The van der Waals surface area contributed by atoms with Gasteiger partial charge in [-0.15, -0.1) is 0 Å². The Morgan fingerprint density at radius 2 is 1.66 bits per heavy atom. The minimum atomic E-state index is -0.749. The first-order chi connectivity index (χ1) is 15.2. The maximum absolute atomic E-state index is 13.5. The molecule has 0 spiro atoms. The molecule has 7 heteroatoms. The highest BCUT2D eigenvalue weighted by atomic mass is 19.1. The van der Waals surface area contributed by atoms with Gasteiger partial charge in [-0.2, -0.15) is 0 Å². The summed E-state index contributed by atoms with van der Waals surface area (Å²) >= 11 is 0. The molecular weight excluding hydrogens is 410 g/mol. The SMILES string of the molecule is CC(C)(C)c1ncc(-c2ccncc2)c(C2CCN(C(=O)c3cc(F)cc(F)c3)CC2)n1. The first-order valence-electron chi connectivity index (χ1n) is 10.8. The highest BCUT2D eigenvalue weighted by Gasteiger charge is 2.29. The zero-order valence-corrected chi connectivity index (χ0v) is 18.5. The van der Waals surface area contributed by atoms with Crippen LogP contribution in [0.2, 0.25) is 0 Å². The number of piperidine rings is 1. The van der Waals surface area contributed by atoms with Crippen LogP contribution in [0.4, 0.5) is 8.78 Å². The Kier molecular flexibility index (Phi) is 6.00. The van der Waals surface area contributed by atoms with Crippen LogP contribution in [0.25, 0.3) is 11.1 Å². The monoisotopic (exact) mass is 436 g/mol. The van der Waals surface area contributed by atoms with E-state index in [0.29, 0.717) is 25.9 Å². The van der Waals surface area contributed by atoms with Gasteiger partial charge in [0.25, 0.3) is 5.91 Å². The summed E-state index contributed by atoms with van der Waals surface area (Å²) < 4.78 is 27.1. The number of nitrogens with zero attached hydrogens (tertiary/aromatic N) is 4. The van der Waals surface area contributed by atoms with Gasteiger partial charge in [0.1, 0.15) is 17.5 Å². The average Bonchev–Trinajstić information content (AvgIpc) is 2.77. The van der Waals surface area contributed by atoms with E-state index in [0.717, 1.165) is 40.8 Å². The predicted molar refractivity (Wildman–Crippen MR) is 118 cm³/mol. The summed E-state index contributed by atoms with van der Waals surface area (Å²) in [6, 6.07) is 6.82. The number of carbonyl (C=O) groups excluding carboxylic acids is 1. The lowest BCUT2D eigenvalue weighted by molar-refractivity contribution is 0.0711. The number of benzene rings is 1. The van der Waals surface area contributed by atoms with Crippen molar-refractivity contribution in [2.24, 2.45) is 0 Å². The van der Waals surface area contributed by atoms with Crippen molar-refractivity contribution >= 4 is 5.91 Å². The normalized spacial score (nSPS) is 15.1. The van der Waals surface area contributed by atoms with Crippen molar-refractivity contribution in [1.29, 1.82) is 0 Å². The Morgan fingerprint density at radius 1 is 1.03 bits per heavy atom. The summed E-state index contributed by atoms with van der Waals surface area (Å²) in [5, 5.41) is 0. The molecule has 1 aliphatic rings. The van der Waals surface area contributed by atoms with Crippen molar-refractivity contribution in [2.45, 2.75) is 44.9 Å². The van der Waals surface area contributed by atoms with Crippen LogP contribution in [-0.2, 0) is 5.41 Å². The number of aromatic nitrogens is 3. The molecule has 0 aliphatic carbocycles. The minimum Gasteiger partial charge on any atom is -0.339 e. The maximum atomic E-state index is 13.5. The van der Waals surface area contributed by atoms with Crippen LogP contribution in [0.5, 0.6) is 0 Å². The van der Waals surface area contributed by atoms with Crippen molar-refractivity contribution in [3.8, 4) is 11.1 Å². The van der Waals surface area contributed by atoms with Crippen LogP contribution in [0.3, 0.4) is 0 Å². The van der Waals surface area contributed by atoms with Crippen molar-refractivity contribution in [3.05, 3.63) is 77.6 Å². The standard InChI is InChI=1S/C25H26F2N4O/c1-25(2,3)24-29-15-21(16-4-8-28-9-5-16)22(30-24)17-6-10-31(11-7-17)23(32)18-12-19(26)14-20(27)13-18/h4-5,8-9,12-15,17H,6-7,10-11H2,1-3H3. The molecular formula is C25H26F2N4O. The van der Waals surface area contributed by atoms with Gasteiger partial charge >= 0.3 is 0 Å². The van der Waals surface area contributed by atoms with Crippen LogP contribution >= 0.6 is 0 Å². The molecule has 3 heterocycles. The number of pyridine rings is 1. The Bertz CT molecular complexity index is 1100. The highest BCUT2D eigenvalue weighted by molar-refractivity contribution is 5.94. The molecule has 5 nitrogen and oxygen atoms in total. The van der Waals surface area contributed by atoms with Crippen molar-refractivity contribution < 1.29 is 13.6 Å². The topological polar surface area (TPSA) is 59.0 Å². The molecule has 0 saturated carbocycles. The molecule has 0 unspecified atom stereocenters. The second-order valence-corrected chi connectivity index (χ2v) is 9.20. The largest absolute Gasteiger partial charge is 0.339 e. The van der Waals surface area contributed by atoms with Crippen molar-refractivity contribution in [1.82, 2.24) is 19.9 Å². The summed E-state index contributed by atoms with van der Waals surface area (Å²) in [6.07, 6.45) is 6.79. The van der Waals surface area contributed by atoms with Crippen LogP contribution in [-0.4, -0.2) is 38.8 Å². The molecule has 0 N–H and O–H groups in total. The van der Waals surface area contributed by atoms with E-state index in [4.69, 9.17) is 4.98 Å². The van der Waals surface area contributed by atoms with Crippen molar-refractivity contribution in [2.75, 3.05) is 13.1 Å². The predicted octanol–water partition coefficient (Wildman–Crippen LogP) is 5.13. The first-order valence-corrected chi connectivity index (χ1v) is 10.8. The van der Waals surface area contributed by atoms with Gasteiger partial charge in [0.05, 0.1) is 5.69 Å².